The molecule has 1 saturated heterocycles. The third-order valence-corrected chi connectivity index (χ3v) is 6.24. The van der Waals surface area contributed by atoms with Gasteiger partial charge >= 0.3 is 0 Å². The van der Waals surface area contributed by atoms with Crippen molar-refractivity contribution in [2.24, 2.45) is 0 Å². The third kappa shape index (κ3) is 4.17. The second-order valence-corrected chi connectivity index (χ2v) is 9.50. The molecule has 174 valence electrons. The Morgan fingerprint density at radius 1 is 1.03 bits per heavy atom. The molecule has 1 aliphatic rings. The quantitative estimate of drug-likeness (QED) is 0.298. The average molecular weight is 477 g/mol. The molecular formula is C27H25ClN2O4. The second-order valence-electron chi connectivity index (χ2n) is 9.09. The van der Waals surface area contributed by atoms with E-state index in [1.54, 1.807) is 36.7 Å². The highest BCUT2D eigenvalue weighted by Gasteiger charge is 2.47. The second kappa shape index (κ2) is 8.95. The summed E-state index contributed by atoms with van der Waals surface area (Å²) in [5.74, 6) is -1.43. The summed E-state index contributed by atoms with van der Waals surface area (Å²) in [5, 5.41) is 11.5. The SMILES string of the molecule is COc1ccc(Cl)c(/C(O)=C2\C(=O)C(=O)N(c3ccc(C(C)(C)C)cc3)C2c2ccncc2)c1. The van der Waals surface area contributed by atoms with Crippen LogP contribution in [0.3, 0.4) is 0 Å². The normalized spacial score (nSPS) is 17.8. The van der Waals surface area contributed by atoms with Crippen LogP contribution in [0.4, 0.5) is 5.69 Å². The van der Waals surface area contributed by atoms with Crippen LogP contribution in [-0.4, -0.2) is 28.9 Å². The third-order valence-electron chi connectivity index (χ3n) is 5.91. The number of hydrogen-bond donors (Lipinski definition) is 1. The molecule has 1 N–H and O–H groups in total. The van der Waals surface area contributed by atoms with Crippen molar-refractivity contribution >= 4 is 34.7 Å². The predicted octanol–water partition coefficient (Wildman–Crippen LogP) is 5.67. The molecule has 4 rings (SSSR count). The molecular weight excluding hydrogens is 452 g/mol. The van der Waals surface area contributed by atoms with E-state index in [0.29, 0.717) is 17.0 Å². The molecule has 3 aromatic rings. The van der Waals surface area contributed by atoms with Crippen molar-refractivity contribution in [3.05, 3.63) is 94.3 Å². The Morgan fingerprint density at radius 2 is 1.68 bits per heavy atom. The van der Waals surface area contributed by atoms with Gasteiger partial charge in [-0.05, 0) is 59.0 Å². The van der Waals surface area contributed by atoms with Crippen molar-refractivity contribution < 1.29 is 19.4 Å². The van der Waals surface area contributed by atoms with Gasteiger partial charge in [-0.3, -0.25) is 19.5 Å². The van der Waals surface area contributed by atoms with Crippen LogP contribution in [0, 0.1) is 0 Å². The van der Waals surface area contributed by atoms with Crippen LogP contribution in [0.5, 0.6) is 5.75 Å². The maximum atomic E-state index is 13.3. The minimum absolute atomic E-state index is 0.0498. The van der Waals surface area contributed by atoms with Gasteiger partial charge < -0.3 is 9.84 Å². The Kier molecular flexibility index (Phi) is 6.19. The van der Waals surface area contributed by atoms with Crippen molar-refractivity contribution in [1.29, 1.82) is 0 Å². The zero-order valence-electron chi connectivity index (χ0n) is 19.4. The van der Waals surface area contributed by atoms with Crippen LogP contribution < -0.4 is 9.64 Å². The Balaban J connectivity index is 1.92. The molecule has 1 amide bonds. The average Bonchev–Trinajstić information content (AvgIpc) is 3.09. The van der Waals surface area contributed by atoms with Gasteiger partial charge in [-0.2, -0.15) is 0 Å². The summed E-state index contributed by atoms with van der Waals surface area (Å²) in [5.41, 5.74) is 2.37. The molecule has 1 atom stereocenters. The molecule has 6 nitrogen and oxygen atoms in total. The molecule has 0 spiro atoms. The molecule has 1 aliphatic heterocycles. The number of halogens is 1. The van der Waals surface area contributed by atoms with Crippen LogP contribution >= 0.6 is 11.6 Å². The first-order valence-electron chi connectivity index (χ1n) is 10.8. The van der Waals surface area contributed by atoms with Crippen molar-refractivity contribution in [3.63, 3.8) is 0 Å². The zero-order chi connectivity index (χ0) is 24.6. The number of pyridine rings is 1. The lowest BCUT2D eigenvalue weighted by atomic mass is 9.87. The number of benzene rings is 2. The Bertz CT molecular complexity index is 1280. The van der Waals surface area contributed by atoms with E-state index in [2.05, 4.69) is 25.8 Å². The summed E-state index contributed by atoms with van der Waals surface area (Å²) < 4.78 is 5.25. The fourth-order valence-electron chi connectivity index (χ4n) is 4.04. The fourth-order valence-corrected chi connectivity index (χ4v) is 4.25. The van der Waals surface area contributed by atoms with E-state index in [9.17, 15) is 14.7 Å². The highest BCUT2D eigenvalue weighted by atomic mass is 35.5. The monoisotopic (exact) mass is 476 g/mol. The molecule has 0 aliphatic carbocycles. The number of carbonyl (C=O) groups is 2. The van der Waals surface area contributed by atoms with Gasteiger partial charge in [0.2, 0.25) is 0 Å². The van der Waals surface area contributed by atoms with E-state index < -0.39 is 17.7 Å². The van der Waals surface area contributed by atoms with Crippen LogP contribution in [-0.2, 0) is 15.0 Å². The van der Waals surface area contributed by atoms with Gasteiger partial charge in [-0.1, -0.05) is 44.5 Å². The van der Waals surface area contributed by atoms with Gasteiger partial charge in [0, 0.05) is 23.6 Å². The molecule has 1 unspecified atom stereocenters. The molecule has 0 radical (unpaired) electrons. The van der Waals surface area contributed by atoms with Gasteiger partial charge in [-0.15, -0.1) is 0 Å². The number of ketones is 1. The smallest absolute Gasteiger partial charge is 0.300 e. The number of methoxy groups -OCH3 is 1. The first-order chi connectivity index (χ1) is 16.1. The number of anilines is 1. The maximum Gasteiger partial charge on any atom is 0.300 e. The number of nitrogens with zero attached hydrogens (tertiary/aromatic N) is 2. The topological polar surface area (TPSA) is 79.7 Å². The number of aliphatic hydroxyl groups excluding tert-OH is 1. The van der Waals surface area contributed by atoms with Crippen LogP contribution in [0.25, 0.3) is 5.76 Å². The van der Waals surface area contributed by atoms with E-state index in [-0.39, 0.29) is 27.3 Å². The molecule has 2 aromatic carbocycles. The number of aromatic nitrogens is 1. The lowest BCUT2D eigenvalue weighted by Gasteiger charge is -2.26. The Hall–Kier alpha value is -3.64. The highest BCUT2D eigenvalue weighted by Crippen LogP contribution is 2.43. The first kappa shape index (κ1) is 23.5. The molecule has 0 bridgehead atoms. The molecule has 0 saturated carbocycles. The summed E-state index contributed by atoms with van der Waals surface area (Å²) in [6.45, 7) is 6.30. The van der Waals surface area contributed by atoms with Gasteiger partial charge in [0.05, 0.1) is 23.7 Å². The lowest BCUT2D eigenvalue weighted by Crippen LogP contribution is -2.29. The van der Waals surface area contributed by atoms with Crippen molar-refractivity contribution in [2.45, 2.75) is 32.2 Å². The highest BCUT2D eigenvalue weighted by molar-refractivity contribution is 6.52. The first-order valence-corrected chi connectivity index (χ1v) is 11.2. The van der Waals surface area contributed by atoms with Crippen LogP contribution in [0.15, 0.2) is 72.6 Å². The molecule has 2 heterocycles. The standard InChI is InChI=1S/C27H25ClN2O4/c1-27(2,3)17-5-7-18(8-6-17)30-23(16-11-13-29-14-12-16)22(25(32)26(30)33)24(31)20-15-19(34-4)9-10-21(20)28/h5-15,23,31H,1-4H3/b24-22+. The number of amides is 1. The molecule has 34 heavy (non-hydrogen) atoms. The van der Waals surface area contributed by atoms with Crippen LogP contribution in [0.2, 0.25) is 5.02 Å². The van der Waals surface area contributed by atoms with E-state index in [4.69, 9.17) is 16.3 Å². The summed E-state index contributed by atoms with van der Waals surface area (Å²) in [4.78, 5) is 32.0. The van der Waals surface area contributed by atoms with Crippen molar-refractivity contribution in [1.82, 2.24) is 4.98 Å². The minimum atomic E-state index is -0.856. The maximum absolute atomic E-state index is 13.3. The number of carbonyl (C=O) groups excluding carboxylic acids is 2. The zero-order valence-corrected chi connectivity index (χ0v) is 20.1. The number of rotatable bonds is 4. The predicted molar refractivity (Wildman–Crippen MR) is 132 cm³/mol. The molecule has 1 aromatic heterocycles. The summed E-state index contributed by atoms with van der Waals surface area (Å²) in [7, 11) is 1.49. The number of Topliss-reactive ketones (excluding diaryl/α,β-unsaturated/α-hetero) is 1. The number of hydrogen-bond acceptors (Lipinski definition) is 5. The van der Waals surface area contributed by atoms with Gasteiger partial charge in [-0.25, -0.2) is 0 Å². The summed E-state index contributed by atoms with van der Waals surface area (Å²) >= 11 is 6.35. The molecule has 1 fully saturated rings. The van der Waals surface area contributed by atoms with E-state index >= 15 is 0 Å². The van der Waals surface area contributed by atoms with Crippen molar-refractivity contribution in [2.75, 3.05) is 12.0 Å². The lowest BCUT2D eigenvalue weighted by molar-refractivity contribution is -0.132. The summed E-state index contributed by atoms with van der Waals surface area (Å²) in [6, 6.07) is 14.8. The van der Waals surface area contributed by atoms with E-state index in [1.807, 2.05) is 24.3 Å². The summed E-state index contributed by atoms with van der Waals surface area (Å²) in [6.07, 6.45) is 3.16. The number of aliphatic hydroxyl groups is 1. The van der Waals surface area contributed by atoms with Crippen LogP contribution in [0.1, 0.15) is 43.5 Å². The van der Waals surface area contributed by atoms with Gasteiger partial charge in [0.1, 0.15) is 11.5 Å². The molecule has 7 heteroatoms. The van der Waals surface area contributed by atoms with Crippen molar-refractivity contribution in [3.8, 4) is 5.75 Å². The Labute approximate surface area is 203 Å². The van der Waals surface area contributed by atoms with Gasteiger partial charge in [0.15, 0.2) is 0 Å². The number of ether oxygens (including phenoxy) is 1. The fraction of sp³-hybridized carbons (Fsp3) is 0.222. The van der Waals surface area contributed by atoms with Gasteiger partial charge in [0.25, 0.3) is 11.7 Å². The Morgan fingerprint density at radius 3 is 2.26 bits per heavy atom. The van der Waals surface area contributed by atoms with E-state index in [1.165, 1.54) is 18.1 Å². The van der Waals surface area contributed by atoms with E-state index in [0.717, 1.165) is 5.56 Å². The minimum Gasteiger partial charge on any atom is -0.507 e. The largest absolute Gasteiger partial charge is 0.507 e.